The van der Waals surface area contributed by atoms with Crippen LogP contribution in [0.3, 0.4) is 0 Å². The van der Waals surface area contributed by atoms with Gasteiger partial charge in [-0.05, 0) is 12.0 Å². The number of para-hydroxylation sites is 1. The first-order chi connectivity index (χ1) is 7.52. The van der Waals surface area contributed by atoms with Gasteiger partial charge in [0.2, 0.25) is 0 Å². The molecule has 0 bridgehead atoms. The van der Waals surface area contributed by atoms with Crippen LogP contribution in [0.1, 0.15) is 24.2 Å². The van der Waals surface area contributed by atoms with E-state index in [-0.39, 0.29) is 23.8 Å². The van der Waals surface area contributed by atoms with Gasteiger partial charge in [0.1, 0.15) is 5.56 Å². The molecule has 0 aromatic heterocycles. The summed E-state index contributed by atoms with van der Waals surface area (Å²) in [6.07, 6.45) is 0. The molecule has 0 unspecified atom stereocenters. The van der Waals surface area contributed by atoms with Crippen LogP contribution in [0.25, 0.3) is 0 Å². The highest BCUT2D eigenvalue weighted by atomic mass is 16.6. The molecule has 1 rings (SSSR count). The number of hydrogen-bond donors (Lipinski definition) is 0. The molecule has 1 aromatic carbocycles. The van der Waals surface area contributed by atoms with E-state index in [9.17, 15) is 14.9 Å². The van der Waals surface area contributed by atoms with Crippen LogP contribution in [0.5, 0.6) is 0 Å². The summed E-state index contributed by atoms with van der Waals surface area (Å²) in [7, 11) is 0. The molecule has 0 aliphatic rings. The Labute approximate surface area is 93.2 Å². The largest absolute Gasteiger partial charge is 0.462 e. The fraction of sp³-hybridized carbons (Fsp3) is 0.364. The summed E-state index contributed by atoms with van der Waals surface area (Å²) in [4.78, 5) is 21.6. The van der Waals surface area contributed by atoms with Crippen LogP contribution >= 0.6 is 0 Å². The second-order valence-electron chi connectivity index (χ2n) is 3.77. The number of esters is 1. The molecule has 16 heavy (non-hydrogen) atoms. The Morgan fingerprint density at radius 1 is 1.44 bits per heavy atom. The number of nitro groups is 1. The highest BCUT2D eigenvalue weighted by Crippen LogP contribution is 2.18. The molecular weight excluding hydrogens is 210 g/mol. The van der Waals surface area contributed by atoms with Crippen LogP contribution in [0, 0.1) is 16.0 Å². The molecule has 0 spiro atoms. The number of ether oxygens (including phenoxy) is 1. The maximum absolute atomic E-state index is 11.5. The normalized spacial score (nSPS) is 10.2. The van der Waals surface area contributed by atoms with Gasteiger partial charge in [-0.2, -0.15) is 0 Å². The molecule has 5 nitrogen and oxygen atoms in total. The third kappa shape index (κ3) is 3.05. The predicted octanol–water partition coefficient (Wildman–Crippen LogP) is 2.41. The highest BCUT2D eigenvalue weighted by Gasteiger charge is 2.20. The predicted molar refractivity (Wildman–Crippen MR) is 58.2 cm³/mol. The molecule has 0 aliphatic carbocycles. The van der Waals surface area contributed by atoms with Gasteiger partial charge in [-0.25, -0.2) is 4.79 Å². The Morgan fingerprint density at radius 3 is 2.62 bits per heavy atom. The summed E-state index contributed by atoms with van der Waals surface area (Å²) in [6, 6.07) is 5.75. The van der Waals surface area contributed by atoms with Gasteiger partial charge in [-0.15, -0.1) is 0 Å². The average molecular weight is 223 g/mol. The van der Waals surface area contributed by atoms with Crippen LogP contribution in [0.2, 0.25) is 0 Å². The van der Waals surface area contributed by atoms with Crippen molar-refractivity contribution in [3.05, 3.63) is 39.9 Å². The molecule has 0 fully saturated rings. The number of rotatable bonds is 4. The maximum Gasteiger partial charge on any atom is 0.345 e. The first-order valence-electron chi connectivity index (χ1n) is 4.93. The summed E-state index contributed by atoms with van der Waals surface area (Å²) in [5.41, 5.74) is -0.232. The van der Waals surface area contributed by atoms with E-state index in [0.29, 0.717) is 0 Å². The lowest BCUT2D eigenvalue weighted by atomic mass is 10.2. The Kier molecular flexibility index (Phi) is 3.99. The van der Waals surface area contributed by atoms with Crippen molar-refractivity contribution < 1.29 is 14.5 Å². The molecule has 0 heterocycles. The Balaban J connectivity index is 2.86. The number of hydrogen-bond acceptors (Lipinski definition) is 4. The smallest absolute Gasteiger partial charge is 0.345 e. The highest BCUT2D eigenvalue weighted by molar-refractivity contribution is 5.93. The number of benzene rings is 1. The number of nitro benzene ring substituents is 1. The molecular formula is C11H13NO4. The number of carbonyl (C=O) groups is 1. The molecule has 0 amide bonds. The van der Waals surface area contributed by atoms with E-state index >= 15 is 0 Å². The monoisotopic (exact) mass is 223 g/mol. The van der Waals surface area contributed by atoms with Crippen molar-refractivity contribution in [3.63, 3.8) is 0 Å². The van der Waals surface area contributed by atoms with E-state index in [1.54, 1.807) is 6.07 Å². The topological polar surface area (TPSA) is 69.4 Å². The lowest BCUT2D eigenvalue weighted by Crippen LogP contribution is -2.11. The van der Waals surface area contributed by atoms with Crippen LogP contribution in [0.15, 0.2) is 24.3 Å². The maximum atomic E-state index is 11.5. The molecule has 0 saturated heterocycles. The number of carbonyl (C=O) groups excluding carboxylic acids is 1. The summed E-state index contributed by atoms with van der Waals surface area (Å²) < 4.78 is 4.94. The first-order valence-corrected chi connectivity index (χ1v) is 4.93. The van der Waals surface area contributed by atoms with E-state index in [1.165, 1.54) is 18.2 Å². The minimum atomic E-state index is -0.652. The van der Waals surface area contributed by atoms with Crippen molar-refractivity contribution >= 4 is 11.7 Å². The Morgan fingerprint density at radius 2 is 2.06 bits per heavy atom. The van der Waals surface area contributed by atoms with Crippen molar-refractivity contribution in [2.45, 2.75) is 13.8 Å². The van der Waals surface area contributed by atoms with Gasteiger partial charge in [0, 0.05) is 6.07 Å². The zero-order valence-corrected chi connectivity index (χ0v) is 9.17. The van der Waals surface area contributed by atoms with E-state index in [0.717, 1.165) is 0 Å². The summed E-state index contributed by atoms with van der Waals surface area (Å²) in [5.74, 6) is -0.451. The van der Waals surface area contributed by atoms with Crippen molar-refractivity contribution in [1.82, 2.24) is 0 Å². The van der Waals surface area contributed by atoms with Crippen molar-refractivity contribution in [2.75, 3.05) is 6.61 Å². The molecule has 0 radical (unpaired) electrons. The van der Waals surface area contributed by atoms with Crippen molar-refractivity contribution in [3.8, 4) is 0 Å². The average Bonchev–Trinajstić information content (AvgIpc) is 2.25. The zero-order valence-electron chi connectivity index (χ0n) is 9.17. The van der Waals surface area contributed by atoms with E-state index < -0.39 is 10.9 Å². The first kappa shape index (κ1) is 12.2. The van der Waals surface area contributed by atoms with E-state index in [4.69, 9.17) is 4.74 Å². The minimum Gasteiger partial charge on any atom is -0.462 e. The summed E-state index contributed by atoms with van der Waals surface area (Å²) in [5, 5.41) is 10.7. The Hall–Kier alpha value is -1.91. The molecule has 1 aromatic rings. The fourth-order valence-electron chi connectivity index (χ4n) is 1.13. The molecule has 0 atom stereocenters. The quantitative estimate of drug-likeness (QED) is 0.446. The van der Waals surface area contributed by atoms with Gasteiger partial charge >= 0.3 is 5.97 Å². The van der Waals surface area contributed by atoms with Crippen LogP contribution < -0.4 is 0 Å². The van der Waals surface area contributed by atoms with Crippen LogP contribution in [0.4, 0.5) is 5.69 Å². The Bertz CT molecular complexity index is 401. The van der Waals surface area contributed by atoms with Gasteiger partial charge in [-0.1, -0.05) is 26.0 Å². The number of nitrogens with zero attached hydrogens (tertiary/aromatic N) is 1. The third-order valence-corrected chi connectivity index (χ3v) is 1.87. The zero-order chi connectivity index (χ0) is 12.1. The molecule has 0 saturated carbocycles. The summed E-state index contributed by atoms with van der Waals surface area (Å²) >= 11 is 0. The van der Waals surface area contributed by atoms with Crippen LogP contribution in [-0.2, 0) is 4.74 Å². The molecule has 0 N–H and O–H groups in total. The van der Waals surface area contributed by atoms with Gasteiger partial charge in [0.15, 0.2) is 0 Å². The molecule has 5 heteroatoms. The van der Waals surface area contributed by atoms with Gasteiger partial charge in [-0.3, -0.25) is 10.1 Å². The lowest BCUT2D eigenvalue weighted by Gasteiger charge is -2.07. The molecule has 86 valence electrons. The van der Waals surface area contributed by atoms with E-state index in [2.05, 4.69) is 0 Å². The molecule has 0 aliphatic heterocycles. The summed E-state index contributed by atoms with van der Waals surface area (Å²) in [6.45, 7) is 4.05. The van der Waals surface area contributed by atoms with Crippen molar-refractivity contribution in [2.24, 2.45) is 5.92 Å². The van der Waals surface area contributed by atoms with Crippen LogP contribution in [-0.4, -0.2) is 17.5 Å². The lowest BCUT2D eigenvalue weighted by molar-refractivity contribution is -0.385. The standard InChI is InChI=1S/C11H13NO4/c1-8(2)7-16-11(13)9-5-3-4-6-10(9)12(14)15/h3-6,8H,7H2,1-2H3. The second-order valence-corrected chi connectivity index (χ2v) is 3.77. The second kappa shape index (κ2) is 5.25. The third-order valence-electron chi connectivity index (χ3n) is 1.87. The van der Waals surface area contributed by atoms with Crippen molar-refractivity contribution in [1.29, 1.82) is 0 Å². The minimum absolute atomic E-state index is 0.00634. The van der Waals surface area contributed by atoms with Gasteiger partial charge < -0.3 is 4.74 Å². The fourth-order valence-corrected chi connectivity index (χ4v) is 1.13. The SMILES string of the molecule is CC(C)COC(=O)c1ccccc1[N+](=O)[O-]. The van der Waals surface area contributed by atoms with Gasteiger partial charge in [0.25, 0.3) is 5.69 Å². The van der Waals surface area contributed by atoms with Gasteiger partial charge in [0.05, 0.1) is 11.5 Å². The van der Waals surface area contributed by atoms with E-state index in [1.807, 2.05) is 13.8 Å².